The molecule has 3 heterocycles. The molecule has 160 valence electrons. The van der Waals surface area contributed by atoms with Crippen molar-refractivity contribution in [3.63, 3.8) is 0 Å². The number of nitrogens with one attached hydrogen (secondary N) is 1. The Morgan fingerprint density at radius 1 is 0.833 bits per heavy atom. The van der Waals surface area contributed by atoms with Crippen molar-refractivity contribution in [1.29, 1.82) is 0 Å². The monoisotopic (exact) mass is 410 g/mol. The summed E-state index contributed by atoms with van der Waals surface area (Å²) in [6, 6.07) is 11.5. The highest BCUT2D eigenvalue weighted by Gasteiger charge is 2.23. The van der Waals surface area contributed by atoms with Gasteiger partial charge in [-0.25, -0.2) is 4.79 Å². The van der Waals surface area contributed by atoms with E-state index in [0.29, 0.717) is 24.5 Å². The zero-order valence-electron chi connectivity index (χ0n) is 17.6. The van der Waals surface area contributed by atoms with Crippen molar-refractivity contribution >= 4 is 23.4 Å². The third kappa shape index (κ3) is 4.75. The third-order valence-corrected chi connectivity index (χ3v) is 5.81. The van der Waals surface area contributed by atoms with E-state index in [2.05, 4.69) is 37.4 Å². The van der Waals surface area contributed by atoms with Crippen molar-refractivity contribution < 1.29 is 9.53 Å². The van der Waals surface area contributed by atoms with Gasteiger partial charge >= 0.3 is 6.03 Å². The molecule has 4 rings (SSSR count). The molecule has 1 aromatic heterocycles. The number of hydrogen-bond acceptors (Lipinski definition) is 6. The number of anilines is 3. The number of piperazine rings is 1. The second-order valence-electron chi connectivity index (χ2n) is 7.76. The van der Waals surface area contributed by atoms with Gasteiger partial charge in [-0.3, -0.25) is 0 Å². The first-order valence-corrected chi connectivity index (χ1v) is 10.8. The molecule has 2 aromatic rings. The molecule has 0 saturated carbocycles. The molecule has 2 saturated heterocycles. The van der Waals surface area contributed by atoms with E-state index in [1.165, 1.54) is 25.7 Å². The summed E-state index contributed by atoms with van der Waals surface area (Å²) in [4.78, 5) is 19.0. The molecule has 0 spiro atoms. The number of methoxy groups -OCH3 is 1. The summed E-state index contributed by atoms with van der Waals surface area (Å²) in [5.41, 5.74) is 0.683. The van der Waals surface area contributed by atoms with Crippen molar-refractivity contribution in [2.45, 2.75) is 25.7 Å². The lowest BCUT2D eigenvalue weighted by atomic mass is 10.2. The summed E-state index contributed by atoms with van der Waals surface area (Å²) < 4.78 is 5.31. The van der Waals surface area contributed by atoms with Gasteiger partial charge in [-0.05, 0) is 37.1 Å². The molecule has 2 aliphatic rings. The summed E-state index contributed by atoms with van der Waals surface area (Å²) in [5.74, 6) is 2.50. The summed E-state index contributed by atoms with van der Waals surface area (Å²) in [6.07, 6.45) is 5.05. The average molecular weight is 411 g/mol. The van der Waals surface area contributed by atoms with Crippen molar-refractivity contribution in [2.24, 2.45) is 0 Å². The minimum atomic E-state index is -0.109. The Bertz CT molecular complexity index is 828. The number of rotatable bonds is 4. The molecule has 30 heavy (non-hydrogen) atoms. The zero-order valence-corrected chi connectivity index (χ0v) is 17.6. The number of amides is 2. The van der Waals surface area contributed by atoms with Gasteiger partial charge in [0.2, 0.25) is 0 Å². The second-order valence-corrected chi connectivity index (χ2v) is 7.76. The van der Waals surface area contributed by atoms with Crippen molar-refractivity contribution in [1.82, 2.24) is 15.1 Å². The highest BCUT2D eigenvalue weighted by atomic mass is 16.5. The lowest BCUT2D eigenvalue weighted by molar-refractivity contribution is 0.208. The maximum Gasteiger partial charge on any atom is 0.322 e. The van der Waals surface area contributed by atoms with Gasteiger partial charge < -0.3 is 24.8 Å². The molecule has 2 amide bonds. The molecule has 0 unspecified atom stereocenters. The largest absolute Gasteiger partial charge is 0.495 e. The van der Waals surface area contributed by atoms with E-state index < -0.39 is 0 Å². The molecule has 2 aliphatic heterocycles. The first-order chi connectivity index (χ1) is 14.7. The van der Waals surface area contributed by atoms with Crippen LogP contribution in [0.2, 0.25) is 0 Å². The van der Waals surface area contributed by atoms with E-state index in [1.54, 1.807) is 7.11 Å². The molecule has 0 radical (unpaired) electrons. The number of carbonyl (C=O) groups is 1. The van der Waals surface area contributed by atoms with Crippen LogP contribution >= 0.6 is 0 Å². The lowest BCUT2D eigenvalue weighted by Gasteiger charge is -2.35. The predicted molar refractivity (Wildman–Crippen MR) is 119 cm³/mol. The fraction of sp³-hybridized carbons (Fsp3) is 0.500. The van der Waals surface area contributed by atoms with Gasteiger partial charge in [0, 0.05) is 39.3 Å². The molecule has 8 nitrogen and oxygen atoms in total. The Labute approximate surface area is 177 Å². The van der Waals surface area contributed by atoms with Crippen LogP contribution < -0.4 is 19.9 Å². The molecular weight excluding hydrogens is 380 g/mol. The van der Waals surface area contributed by atoms with Gasteiger partial charge in [0.05, 0.1) is 12.8 Å². The predicted octanol–water partition coefficient (Wildman–Crippen LogP) is 3.22. The number of hydrogen-bond donors (Lipinski definition) is 1. The standard InChI is InChI=1S/C22H30N6O2/c1-30-19-9-5-4-8-18(19)23-22(29)28-16-14-27(15-17-28)21-11-10-20(24-25-21)26-12-6-2-3-7-13-26/h4-5,8-11H,2-3,6-7,12-17H2,1H3,(H,23,29). The molecule has 1 N–H and O–H groups in total. The molecular formula is C22H30N6O2. The average Bonchev–Trinajstić information content (AvgIpc) is 3.09. The topological polar surface area (TPSA) is 73.8 Å². The number of para-hydroxylation sites is 2. The van der Waals surface area contributed by atoms with E-state index in [0.717, 1.165) is 37.8 Å². The van der Waals surface area contributed by atoms with Crippen LogP contribution in [0.5, 0.6) is 5.75 Å². The Hall–Kier alpha value is -3.03. The summed E-state index contributed by atoms with van der Waals surface area (Å²) in [6.45, 7) is 4.86. The van der Waals surface area contributed by atoms with Crippen LogP contribution in [-0.2, 0) is 0 Å². The Morgan fingerprint density at radius 2 is 1.43 bits per heavy atom. The molecule has 8 heteroatoms. The summed E-state index contributed by atoms with van der Waals surface area (Å²) >= 11 is 0. The van der Waals surface area contributed by atoms with Gasteiger partial charge in [0.15, 0.2) is 11.6 Å². The van der Waals surface area contributed by atoms with Crippen LogP contribution in [0.15, 0.2) is 36.4 Å². The number of benzene rings is 1. The van der Waals surface area contributed by atoms with Gasteiger partial charge in [0.1, 0.15) is 5.75 Å². The quantitative estimate of drug-likeness (QED) is 0.834. The molecule has 2 fully saturated rings. The van der Waals surface area contributed by atoms with Crippen LogP contribution in [0.1, 0.15) is 25.7 Å². The van der Waals surface area contributed by atoms with E-state index in [1.807, 2.05) is 29.2 Å². The molecule has 0 aliphatic carbocycles. The SMILES string of the molecule is COc1ccccc1NC(=O)N1CCN(c2ccc(N3CCCCCC3)nn2)CC1. The fourth-order valence-electron chi connectivity index (χ4n) is 4.04. The molecule has 0 bridgehead atoms. The van der Waals surface area contributed by atoms with E-state index >= 15 is 0 Å². The maximum absolute atomic E-state index is 12.6. The number of nitrogens with zero attached hydrogens (tertiary/aromatic N) is 5. The van der Waals surface area contributed by atoms with E-state index in [-0.39, 0.29) is 6.03 Å². The minimum absolute atomic E-state index is 0.109. The van der Waals surface area contributed by atoms with Gasteiger partial charge in [-0.1, -0.05) is 25.0 Å². The lowest BCUT2D eigenvalue weighted by Crippen LogP contribution is -2.50. The number of urea groups is 1. The van der Waals surface area contributed by atoms with Gasteiger partial charge in [0.25, 0.3) is 0 Å². The normalized spacial score (nSPS) is 17.4. The highest BCUT2D eigenvalue weighted by Crippen LogP contribution is 2.24. The number of aromatic nitrogens is 2. The van der Waals surface area contributed by atoms with Crippen molar-refractivity contribution in [3.05, 3.63) is 36.4 Å². The van der Waals surface area contributed by atoms with Crippen LogP contribution in [0, 0.1) is 0 Å². The highest BCUT2D eigenvalue weighted by molar-refractivity contribution is 5.91. The second kappa shape index (κ2) is 9.65. The minimum Gasteiger partial charge on any atom is -0.495 e. The van der Waals surface area contributed by atoms with Crippen molar-refractivity contribution in [3.8, 4) is 5.75 Å². The molecule has 0 atom stereocenters. The maximum atomic E-state index is 12.6. The first kappa shape index (κ1) is 20.3. The molecule has 1 aromatic carbocycles. The van der Waals surface area contributed by atoms with Crippen LogP contribution in [0.25, 0.3) is 0 Å². The van der Waals surface area contributed by atoms with Crippen LogP contribution in [0.4, 0.5) is 22.1 Å². The van der Waals surface area contributed by atoms with Crippen LogP contribution in [-0.4, -0.2) is 67.5 Å². The first-order valence-electron chi connectivity index (χ1n) is 10.8. The fourth-order valence-corrected chi connectivity index (χ4v) is 4.04. The Kier molecular flexibility index (Phi) is 6.51. The van der Waals surface area contributed by atoms with Crippen molar-refractivity contribution in [2.75, 3.05) is 61.5 Å². The number of carbonyl (C=O) groups excluding carboxylic acids is 1. The van der Waals surface area contributed by atoms with Crippen LogP contribution in [0.3, 0.4) is 0 Å². The smallest absolute Gasteiger partial charge is 0.322 e. The Morgan fingerprint density at radius 3 is 2.03 bits per heavy atom. The van der Waals surface area contributed by atoms with Gasteiger partial charge in [-0.2, -0.15) is 0 Å². The number of ether oxygens (including phenoxy) is 1. The summed E-state index contributed by atoms with van der Waals surface area (Å²) in [7, 11) is 1.60. The van der Waals surface area contributed by atoms with E-state index in [4.69, 9.17) is 4.74 Å². The zero-order chi connectivity index (χ0) is 20.8. The van der Waals surface area contributed by atoms with Gasteiger partial charge in [-0.15, -0.1) is 10.2 Å². The third-order valence-electron chi connectivity index (χ3n) is 5.81. The Balaban J connectivity index is 1.31. The summed E-state index contributed by atoms with van der Waals surface area (Å²) in [5, 5.41) is 11.9. The van der Waals surface area contributed by atoms with E-state index in [9.17, 15) is 4.79 Å².